The average Bonchev–Trinajstić information content (AvgIpc) is 2.46. The van der Waals surface area contributed by atoms with Gasteiger partial charge in [-0.15, -0.1) is 0 Å². The molecule has 0 heterocycles. The van der Waals surface area contributed by atoms with Crippen LogP contribution < -0.4 is 5.32 Å². The van der Waals surface area contributed by atoms with E-state index in [-0.39, 0.29) is 5.41 Å². The molecule has 0 saturated carbocycles. The van der Waals surface area contributed by atoms with Gasteiger partial charge in [-0.3, -0.25) is 4.90 Å². The van der Waals surface area contributed by atoms with Crippen LogP contribution in [0.3, 0.4) is 0 Å². The minimum absolute atomic E-state index is 0.105. The van der Waals surface area contributed by atoms with Crippen LogP contribution in [-0.2, 0) is 10.2 Å². The third-order valence-corrected chi connectivity index (χ3v) is 4.03. The molecule has 1 N–H and O–H groups in total. The van der Waals surface area contributed by atoms with E-state index in [9.17, 15) is 0 Å². The summed E-state index contributed by atoms with van der Waals surface area (Å²) in [5, 5.41) is 3.35. The summed E-state index contributed by atoms with van der Waals surface area (Å²) < 4.78 is 5.31. The van der Waals surface area contributed by atoms with Gasteiger partial charge >= 0.3 is 0 Å². The fourth-order valence-electron chi connectivity index (χ4n) is 2.85. The summed E-state index contributed by atoms with van der Waals surface area (Å²) in [5.74, 6) is 0. The topological polar surface area (TPSA) is 24.5 Å². The van der Waals surface area contributed by atoms with Crippen molar-refractivity contribution in [1.82, 2.24) is 10.2 Å². The molecule has 0 aromatic heterocycles. The number of rotatable bonds is 9. The molecule has 2 atom stereocenters. The molecule has 3 nitrogen and oxygen atoms in total. The van der Waals surface area contributed by atoms with Crippen LogP contribution in [0.4, 0.5) is 0 Å². The molecule has 0 saturated heterocycles. The Morgan fingerprint density at radius 1 is 1.30 bits per heavy atom. The Balaban J connectivity index is 2.90. The molecule has 2 unspecified atom stereocenters. The number of benzene rings is 1. The Morgan fingerprint density at radius 3 is 2.45 bits per heavy atom. The summed E-state index contributed by atoms with van der Waals surface area (Å²) in [6, 6.07) is 11.2. The first-order chi connectivity index (χ1) is 9.57. The van der Waals surface area contributed by atoms with Crippen molar-refractivity contribution in [3.05, 3.63) is 35.9 Å². The third kappa shape index (κ3) is 4.58. The lowest BCUT2D eigenvalue weighted by Crippen LogP contribution is -2.48. The van der Waals surface area contributed by atoms with Crippen molar-refractivity contribution in [3.8, 4) is 0 Å². The molecule has 0 aliphatic heterocycles. The van der Waals surface area contributed by atoms with E-state index in [1.807, 2.05) is 7.05 Å². The highest BCUT2D eigenvalue weighted by Crippen LogP contribution is 2.25. The van der Waals surface area contributed by atoms with Crippen LogP contribution in [0.5, 0.6) is 0 Å². The molecule has 1 aromatic rings. The highest BCUT2D eigenvalue weighted by molar-refractivity contribution is 5.25. The second-order valence-electron chi connectivity index (χ2n) is 5.82. The first kappa shape index (κ1) is 17.2. The number of nitrogens with zero attached hydrogens (tertiary/aromatic N) is 1. The van der Waals surface area contributed by atoms with Gasteiger partial charge in [-0.1, -0.05) is 44.2 Å². The zero-order valence-corrected chi connectivity index (χ0v) is 13.6. The molecular formula is C17H30N2O. The van der Waals surface area contributed by atoms with Crippen molar-refractivity contribution in [3.63, 3.8) is 0 Å². The quantitative estimate of drug-likeness (QED) is 0.751. The number of methoxy groups -OCH3 is 1. The number of ether oxygens (including phenoxy) is 1. The molecule has 0 aliphatic rings. The molecule has 1 rings (SSSR count). The maximum atomic E-state index is 5.31. The fraction of sp³-hybridized carbons (Fsp3) is 0.647. The minimum atomic E-state index is 0.105. The van der Waals surface area contributed by atoms with Gasteiger partial charge in [0, 0.05) is 31.7 Å². The van der Waals surface area contributed by atoms with Crippen molar-refractivity contribution in [2.24, 2.45) is 0 Å². The first-order valence-corrected chi connectivity index (χ1v) is 7.50. The molecule has 0 aliphatic carbocycles. The average molecular weight is 278 g/mol. The molecule has 0 bridgehead atoms. The second-order valence-corrected chi connectivity index (χ2v) is 5.82. The molecule has 0 spiro atoms. The summed E-state index contributed by atoms with van der Waals surface area (Å²) >= 11 is 0. The van der Waals surface area contributed by atoms with Crippen molar-refractivity contribution in [2.45, 2.75) is 32.2 Å². The third-order valence-electron chi connectivity index (χ3n) is 4.03. The lowest BCUT2D eigenvalue weighted by Gasteiger charge is -2.38. The summed E-state index contributed by atoms with van der Waals surface area (Å²) in [6.07, 6.45) is 0. The van der Waals surface area contributed by atoms with Crippen LogP contribution in [0.25, 0.3) is 0 Å². The second kappa shape index (κ2) is 8.40. The monoisotopic (exact) mass is 278 g/mol. The van der Waals surface area contributed by atoms with E-state index < -0.39 is 0 Å². The Hall–Kier alpha value is -0.900. The van der Waals surface area contributed by atoms with Crippen molar-refractivity contribution in [2.75, 3.05) is 40.4 Å². The number of nitrogens with one attached hydrogen (secondary N) is 1. The van der Waals surface area contributed by atoms with Crippen LogP contribution in [0.2, 0.25) is 0 Å². The summed E-state index contributed by atoms with van der Waals surface area (Å²) in [7, 11) is 3.80. The Bertz CT molecular complexity index is 369. The van der Waals surface area contributed by atoms with Crippen LogP contribution in [0, 0.1) is 0 Å². The molecule has 1 aromatic carbocycles. The summed E-state index contributed by atoms with van der Waals surface area (Å²) in [5.41, 5.74) is 1.49. The Kier molecular flexibility index (Phi) is 7.20. The van der Waals surface area contributed by atoms with Gasteiger partial charge in [0.15, 0.2) is 0 Å². The maximum absolute atomic E-state index is 5.31. The smallest absolute Gasteiger partial charge is 0.0615 e. The zero-order chi connectivity index (χ0) is 15.0. The largest absolute Gasteiger partial charge is 0.383 e. The standard InChI is InChI=1S/C17H30N2O/c1-6-19(15(2)12-20-5)14-17(3,13-18-4)16-10-8-7-9-11-16/h7-11,15,18H,6,12-14H2,1-5H3. The first-order valence-electron chi connectivity index (χ1n) is 7.50. The molecular weight excluding hydrogens is 248 g/mol. The van der Waals surface area contributed by atoms with Gasteiger partial charge in [-0.05, 0) is 26.1 Å². The van der Waals surface area contributed by atoms with Gasteiger partial charge in [0.1, 0.15) is 0 Å². The van der Waals surface area contributed by atoms with Gasteiger partial charge in [0.25, 0.3) is 0 Å². The van der Waals surface area contributed by atoms with Crippen LogP contribution in [-0.4, -0.2) is 51.3 Å². The van der Waals surface area contributed by atoms with Gasteiger partial charge in [0.05, 0.1) is 6.61 Å². The van der Waals surface area contributed by atoms with Gasteiger partial charge < -0.3 is 10.1 Å². The predicted octanol–water partition coefficient (Wildman–Crippen LogP) is 2.52. The predicted molar refractivity (Wildman–Crippen MR) is 86.3 cm³/mol. The van der Waals surface area contributed by atoms with Crippen LogP contribution in [0.1, 0.15) is 26.3 Å². The van der Waals surface area contributed by atoms with Crippen molar-refractivity contribution < 1.29 is 4.74 Å². The Labute approximate surface area is 124 Å². The highest BCUT2D eigenvalue weighted by Gasteiger charge is 2.29. The Morgan fingerprint density at radius 2 is 1.95 bits per heavy atom. The van der Waals surface area contributed by atoms with E-state index in [1.165, 1.54) is 5.56 Å². The normalized spacial score (nSPS) is 16.1. The molecule has 20 heavy (non-hydrogen) atoms. The zero-order valence-electron chi connectivity index (χ0n) is 13.6. The molecule has 0 amide bonds. The molecule has 0 fully saturated rings. The van der Waals surface area contributed by atoms with E-state index in [2.05, 4.69) is 61.3 Å². The highest BCUT2D eigenvalue weighted by atomic mass is 16.5. The molecule has 114 valence electrons. The van der Waals surface area contributed by atoms with E-state index in [1.54, 1.807) is 7.11 Å². The molecule has 0 radical (unpaired) electrons. The molecule has 3 heteroatoms. The van der Waals surface area contributed by atoms with Crippen LogP contribution in [0.15, 0.2) is 30.3 Å². The van der Waals surface area contributed by atoms with Gasteiger partial charge in [0.2, 0.25) is 0 Å². The lowest BCUT2D eigenvalue weighted by molar-refractivity contribution is 0.0873. The lowest BCUT2D eigenvalue weighted by atomic mass is 9.81. The summed E-state index contributed by atoms with van der Waals surface area (Å²) in [6.45, 7) is 10.6. The number of hydrogen-bond acceptors (Lipinski definition) is 3. The minimum Gasteiger partial charge on any atom is -0.383 e. The van der Waals surface area contributed by atoms with E-state index >= 15 is 0 Å². The fourth-order valence-corrected chi connectivity index (χ4v) is 2.85. The van der Waals surface area contributed by atoms with Gasteiger partial charge in [-0.2, -0.15) is 0 Å². The SMILES string of the molecule is CCN(CC(C)(CNC)c1ccccc1)C(C)COC. The van der Waals surface area contributed by atoms with E-state index in [4.69, 9.17) is 4.74 Å². The number of likely N-dealkylation sites (N-methyl/N-ethyl adjacent to an activating group) is 2. The number of hydrogen-bond donors (Lipinski definition) is 1. The van der Waals surface area contributed by atoms with Crippen molar-refractivity contribution >= 4 is 0 Å². The van der Waals surface area contributed by atoms with Crippen LogP contribution >= 0.6 is 0 Å². The van der Waals surface area contributed by atoms with Crippen molar-refractivity contribution in [1.29, 1.82) is 0 Å². The van der Waals surface area contributed by atoms with Gasteiger partial charge in [-0.25, -0.2) is 0 Å². The summed E-state index contributed by atoms with van der Waals surface area (Å²) in [4.78, 5) is 2.49. The van der Waals surface area contributed by atoms with E-state index in [0.717, 1.165) is 26.2 Å². The van der Waals surface area contributed by atoms with E-state index in [0.29, 0.717) is 6.04 Å². The maximum Gasteiger partial charge on any atom is 0.0615 e.